The Morgan fingerprint density at radius 3 is 2.60 bits per heavy atom. The fourth-order valence-corrected chi connectivity index (χ4v) is 7.50. The molecule has 0 bridgehead atoms. The SMILES string of the molecule is CCC12CCNCC1c1cc(-c3c(F)cccc3F)cc3c1N2C(C(C)(C)C)CS3. The molecule has 0 amide bonds. The minimum Gasteiger partial charge on any atom is -0.360 e. The average Bonchev–Trinajstić information content (AvgIpc) is 3.00. The molecule has 3 aliphatic heterocycles. The van der Waals surface area contributed by atoms with Crippen molar-refractivity contribution in [2.75, 3.05) is 23.7 Å². The molecule has 3 atom stereocenters. The molecule has 0 aliphatic carbocycles. The van der Waals surface area contributed by atoms with Gasteiger partial charge in [-0.1, -0.05) is 33.8 Å². The van der Waals surface area contributed by atoms with E-state index in [1.54, 1.807) is 0 Å². The summed E-state index contributed by atoms with van der Waals surface area (Å²) < 4.78 is 29.3. The molecule has 3 heterocycles. The minimum absolute atomic E-state index is 0.0770. The quantitative estimate of drug-likeness (QED) is 0.613. The first-order valence-corrected chi connectivity index (χ1v) is 12.0. The summed E-state index contributed by atoms with van der Waals surface area (Å²) in [6.45, 7) is 11.3. The van der Waals surface area contributed by atoms with Crippen LogP contribution in [0.1, 0.15) is 52.0 Å². The lowest BCUT2D eigenvalue weighted by atomic mass is 9.73. The van der Waals surface area contributed by atoms with E-state index in [9.17, 15) is 8.78 Å². The van der Waals surface area contributed by atoms with E-state index in [-0.39, 0.29) is 16.5 Å². The van der Waals surface area contributed by atoms with Gasteiger partial charge in [0.2, 0.25) is 0 Å². The van der Waals surface area contributed by atoms with Gasteiger partial charge in [-0.3, -0.25) is 0 Å². The lowest BCUT2D eigenvalue weighted by Crippen LogP contribution is -2.62. The second kappa shape index (κ2) is 6.96. The van der Waals surface area contributed by atoms with Crippen LogP contribution >= 0.6 is 11.8 Å². The van der Waals surface area contributed by atoms with Crippen LogP contribution in [0.2, 0.25) is 0 Å². The minimum atomic E-state index is -0.492. The first kappa shape index (κ1) is 20.3. The van der Waals surface area contributed by atoms with E-state index in [2.05, 4.69) is 44.0 Å². The number of fused-ring (bicyclic) bond motifs is 3. The Morgan fingerprint density at radius 2 is 1.93 bits per heavy atom. The van der Waals surface area contributed by atoms with Gasteiger partial charge in [0.1, 0.15) is 11.6 Å². The van der Waals surface area contributed by atoms with Gasteiger partial charge in [-0.15, -0.1) is 11.8 Å². The number of piperidine rings is 1. The highest BCUT2D eigenvalue weighted by Crippen LogP contribution is 2.60. The normalized spacial score (nSPS) is 27.7. The number of nitrogens with zero attached hydrogens (tertiary/aromatic N) is 1. The Labute approximate surface area is 182 Å². The predicted octanol–water partition coefficient (Wildman–Crippen LogP) is 6.20. The summed E-state index contributed by atoms with van der Waals surface area (Å²) in [6, 6.07) is 8.67. The second-order valence-electron chi connectivity index (χ2n) is 10.0. The largest absolute Gasteiger partial charge is 0.360 e. The molecule has 0 radical (unpaired) electrons. The Morgan fingerprint density at radius 1 is 1.20 bits per heavy atom. The summed E-state index contributed by atoms with van der Waals surface area (Å²) >= 11 is 1.85. The Hall–Kier alpha value is -1.59. The zero-order valence-corrected chi connectivity index (χ0v) is 19.0. The number of anilines is 1. The highest BCUT2D eigenvalue weighted by molar-refractivity contribution is 7.99. The van der Waals surface area contributed by atoms with E-state index in [0.717, 1.165) is 31.7 Å². The Bertz CT molecular complexity index is 979. The van der Waals surface area contributed by atoms with Crippen LogP contribution in [0.5, 0.6) is 0 Å². The number of benzene rings is 2. The molecular weight excluding hydrogens is 398 g/mol. The first-order valence-electron chi connectivity index (χ1n) is 11.0. The molecule has 0 aromatic heterocycles. The molecule has 5 heteroatoms. The zero-order valence-electron chi connectivity index (χ0n) is 18.2. The summed E-state index contributed by atoms with van der Waals surface area (Å²) in [5.41, 5.74) is 3.58. The molecule has 160 valence electrons. The van der Waals surface area contributed by atoms with Gasteiger partial charge in [-0.2, -0.15) is 0 Å². The maximum Gasteiger partial charge on any atom is 0.133 e. The molecule has 3 unspecified atom stereocenters. The van der Waals surface area contributed by atoms with Crippen molar-refractivity contribution in [2.45, 2.75) is 62.9 Å². The molecule has 0 saturated carbocycles. The lowest BCUT2D eigenvalue weighted by Gasteiger charge is -2.54. The summed E-state index contributed by atoms with van der Waals surface area (Å²) in [5.74, 6) is 0.354. The van der Waals surface area contributed by atoms with Crippen molar-refractivity contribution in [3.63, 3.8) is 0 Å². The van der Waals surface area contributed by atoms with E-state index in [1.807, 2.05) is 17.8 Å². The second-order valence-corrected chi connectivity index (χ2v) is 11.1. The third kappa shape index (κ3) is 2.77. The van der Waals surface area contributed by atoms with Crippen LogP contribution in [0.25, 0.3) is 11.1 Å². The number of hydrogen-bond donors (Lipinski definition) is 1. The third-order valence-corrected chi connectivity index (χ3v) is 8.61. The lowest BCUT2D eigenvalue weighted by molar-refractivity contribution is 0.204. The maximum atomic E-state index is 14.6. The molecule has 30 heavy (non-hydrogen) atoms. The first-order chi connectivity index (χ1) is 14.3. The van der Waals surface area contributed by atoms with Crippen LogP contribution in [-0.2, 0) is 0 Å². The van der Waals surface area contributed by atoms with E-state index in [1.165, 1.54) is 34.3 Å². The highest BCUT2D eigenvalue weighted by Gasteiger charge is 2.57. The fraction of sp³-hybridized carbons (Fsp3) is 0.520. The molecule has 5 rings (SSSR count). The summed E-state index contributed by atoms with van der Waals surface area (Å²) in [4.78, 5) is 3.91. The number of halogens is 2. The van der Waals surface area contributed by atoms with Crippen molar-refractivity contribution in [3.8, 4) is 11.1 Å². The van der Waals surface area contributed by atoms with Crippen molar-refractivity contribution in [2.24, 2.45) is 5.41 Å². The van der Waals surface area contributed by atoms with Crippen molar-refractivity contribution in [3.05, 3.63) is 47.5 Å². The summed E-state index contributed by atoms with van der Waals surface area (Å²) in [5, 5.41) is 3.59. The number of hydrogen-bond acceptors (Lipinski definition) is 3. The van der Waals surface area contributed by atoms with E-state index >= 15 is 0 Å². The van der Waals surface area contributed by atoms with E-state index in [0.29, 0.717) is 17.5 Å². The smallest absolute Gasteiger partial charge is 0.133 e. The average molecular weight is 429 g/mol. The number of nitrogens with one attached hydrogen (secondary N) is 1. The molecule has 1 saturated heterocycles. The van der Waals surface area contributed by atoms with Crippen LogP contribution in [-0.4, -0.2) is 30.4 Å². The molecule has 3 aliphatic rings. The molecule has 0 spiro atoms. The van der Waals surface area contributed by atoms with Crippen LogP contribution < -0.4 is 10.2 Å². The maximum absolute atomic E-state index is 14.6. The molecule has 2 aromatic rings. The van der Waals surface area contributed by atoms with Gasteiger partial charge in [0, 0.05) is 34.7 Å². The van der Waals surface area contributed by atoms with Crippen molar-refractivity contribution >= 4 is 17.4 Å². The van der Waals surface area contributed by atoms with Crippen LogP contribution in [0, 0.1) is 17.0 Å². The molecule has 1 fully saturated rings. The van der Waals surface area contributed by atoms with Gasteiger partial charge in [0.25, 0.3) is 0 Å². The van der Waals surface area contributed by atoms with Gasteiger partial charge >= 0.3 is 0 Å². The third-order valence-electron chi connectivity index (χ3n) is 7.50. The van der Waals surface area contributed by atoms with Crippen molar-refractivity contribution in [1.82, 2.24) is 5.32 Å². The van der Waals surface area contributed by atoms with Gasteiger partial charge in [-0.05, 0) is 60.2 Å². The summed E-state index contributed by atoms with van der Waals surface area (Å²) in [6.07, 6.45) is 2.18. The molecule has 2 nitrogen and oxygen atoms in total. The molecule has 2 aromatic carbocycles. The monoisotopic (exact) mass is 428 g/mol. The topological polar surface area (TPSA) is 15.3 Å². The van der Waals surface area contributed by atoms with E-state index in [4.69, 9.17) is 0 Å². The van der Waals surface area contributed by atoms with Crippen molar-refractivity contribution < 1.29 is 8.78 Å². The standard InChI is InChI=1S/C25H30F2N2S/c1-5-25-9-10-28-13-17(25)16-11-15(22-18(26)7-6-8-19(22)27)12-20-23(16)29(25)21(14-30-20)24(2,3)4/h6-8,11-12,17,21,28H,5,9-10,13-14H2,1-4H3. The number of thioether (sulfide) groups is 1. The molecular formula is C25H30F2N2S. The van der Waals surface area contributed by atoms with Crippen LogP contribution in [0.3, 0.4) is 0 Å². The van der Waals surface area contributed by atoms with Gasteiger partial charge < -0.3 is 10.2 Å². The zero-order chi connectivity index (χ0) is 21.3. The van der Waals surface area contributed by atoms with Crippen LogP contribution in [0.4, 0.5) is 14.5 Å². The predicted molar refractivity (Wildman–Crippen MR) is 121 cm³/mol. The Kier molecular flexibility index (Phi) is 4.71. The summed E-state index contributed by atoms with van der Waals surface area (Å²) in [7, 11) is 0. The van der Waals surface area contributed by atoms with Gasteiger partial charge in [-0.25, -0.2) is 8.78 Å². The van der Waals surface area contributed by atoms with Crippen molar-refractivity contribution in [1.29, 1.82) is 0 Å². The number of rotatable bonds is 2. The Balaban J connectivity index is 1.76. The fourth-order valence-electron chi connectivity index (χ4n) is 5.95. The highest BCUT2D eigenvalue weighted by atomic mass is 32.2. The van der Waals surface area contributed by atoms with Gasteiger partial charge in [0.15, 0.2) is 0 Å². The van der Waals surface area contributed by atoms with Gasteiger partial charge in [0.05, 0.1) is 11.3 Å². The molecule has 1 N–H and O–H groups in total. The van der Waals surface area contributed by atoms with E-state index < -0.39 is 11.6 Å². The van der Waals surface area contributed by atoms with Crippen LogP contribution in [0.15, 0.2) is 35.2 Å².